The number of rotatable bonds is 4. The molecule has 2 aromatic carbocycles. The second kappa shape index (κ2) is 8.65. The highest BCUT2D eigenvalue weighted by atomic mass is 35.5. The van der Waals surface area contributed by atoms with Crippen molar-refractivity contribution in [2.45, 2.75) is 39.2 Å². The topological polar surface area (TPSA) is 92.9 Å². The highest BCUT2D eigenvalue weighted by Crippen LogP contribution is 2.43. The van der Waals surface area contributed by atoms with Gasteiger partial charge in [0.1, 0.15) is 17.3 Å². The molecule has 176 valence electrons. The van der Waals surface area contributed by atoms with Crippen LogP contribution in [-0.4, -0.2) is 29.1 Å². The molecule has 0 bridgehead atoms. The summed E-state index contributed by atoms with van der Waals surface area (Å²) in [6, 6.07) is 12.9. The summed E-state index contributed by atoms with van der Waals surface area (Å²) in [5, 5.41) is 15.4. The zero-order chi connectivity index (χ0) is 24.8. The molecule has 1 N–H and O–H groups in total. The molecule has 1 fully saturated rings. The molecule has 0 saturated carbocycles. The van der Waals surface area contributed by atoms with Crippen LogP contribution in [0.4, 0.5) is 5.82 Å². The lowest BCUT2D eigenvalue weighted by atomic mass is 9.85. The van der Waals surface area contributed by atoms with Gasteiger partial charge in [-0.1, -0.05) is 61.8 Å². The highest BCUT2D eigenvalue weighted by molar-refractivity contribution is 6.51. The number of ether oxygens (including phenoxy) is 1. The molecule has 1 aliphatic heterocycles. The van der Waals surface area contributed by atoms with Crippen LogP contribution in [0, 0.1) is 6.92 Å². The van der Waals surface area contributed by atoms with Crippen molar-refractivity contribution in [3.05, 3.63) is 81.6 Å². The Hall–Kier alpha value is -3.58. The maximum absolute atomic E-state index is 13.2. The van der Waals surface area contributed by atoms with Crippen LogP contribution in [0.1, 0.15) is 49.3 Å². The van der Waals surface area contributed by atoms with Gasteiger partial charge in [-0.05, 0) is 41.7 Å². The van der Waals surface area contributed by atoms with Crippen LogP contribution in [0.2, 0.25) is 5.02 Å². The van der Waals surface area contributed by atoms with Gasteiger partial charge in [0, 0.05) is 11.6 Å². The molecule has 0 spiro atoms. The van der Waals surface area contributed by atoms with Gasteiger partial charge in [-0.3, -0.25) is 14.5 Å². The number of halogens is 1. The first-order valence-electron chi connectivity index (χ1n) is 10.7. The van der Waals surface area contributed by atoms with Crippen LogP contribution in [0.25, 0.3) is 5.76 Å². The smallest absolute Gasteiger partial charge is 0.301 e. The Bertz CT molecular complexity index is 1300. The third-order valence-electron chi connectivity index (χ3n) is 5.82. The van der Waals surface area contributed by atoms with Crippen molar-refractivity contribution >= 4 is 34.9 Å². The number of carbonyl (C=O) groups excluding carboxylic acids is 2. The Morgan fingerprint density at radius 1 is 1.12 bits per heavy atom. The van der Waals surface area contributed by atoms with Crippen LogP contribution in [0.5, 0.6) is 5.75 Å². The fraction of sp³-hybridized carbons (Fsp3) is 0.269. The van der Waals surface area contributed by atoms with E-state index in [2.05, 4.69) is 25.9 Å². The van der Waals surface area contributed by atoms with Gasteiger partial charge in [-0.2, -0.15) is 0 Å². The van der Waals surface area contributed by atoms with Gasteiger partial charge in [-0.25, -0.2) is 0 Å². The summed E-state index contributed by atoms with van der Waals surface area (Å²) >= 11 is 6.24. The van der Waals surface area contributed by atoms with Crippen molar-refractivity contribution in [2.24, 2.45) is 0 Å². The van der Waals surface area contributed by atoms with Crippen molar-refractivity contribution < 1.29 is 24.0 Å². The summed E-state index contributed by atoms with van der Waals surface area (Å²) in [6.07, 6.45) is 0. The number of anilines is 1. The van der Waals surface area contributed by atoms with Gasteiger partial charge in [0.15, 0.2) is 5.82 Å². The first-order valence-corrected chi connectivity index (χ1v) is 11.1. The molecule has 1 atom stereocenters. The first-order chi connectivity index (χ1) is 16.0. The molecule has 4 rings (SSSR count). The monoisotopic (exact) mass is 480 g/mol. The molecule has 1 amide bonds. The lowest BCUT2D eigenvalue weighted by molar-refractivity contribution is -0.132. The van der Waals surface area contributed by atoms with Gasteiger partial charge in [0.25, 0.3) is 5.78 Å². The van der Waals surface area contributed by atoms with E-state index in [-0.39, 0.29) is 33.2 Å². The van der Waals surface area contributed by atoms with Crippen LogP contribution in [-0.2, 0) is 15.0 Å². The molecule has 0 aliphatic carbocycles. The molecule has 7 nitrogen and oxygen atoms in total. The van der Waals surface area contributed by atoms with E-state index in [0.29, 0.717) is 17.1 Å². The Balaban J connectivity index is 1.91. The maximum Gasteiger partial charge on any atom is 0.301 e. The molecule has 0 radical (unpaired) electrons. The number of benzene rings is 2. The van der Waals surface area contributed by atoms with Gasteiger partial charge >= 0.3 is 5.91 Å². The van der Waals surface area contributed by atoms with Crippen molar-refractivity contribution in [1.82, 2.24) is 5.16 Å². The van der Waals surface area contributed by atoms with E-state index in [0.717, 1.165) is 5.56 Å². The van der Waals surface area contributed by atoms with Gasteiger partial charge in [-0.15, -0.1) is 0 Å². The zero-order valence-electron chi connectivity index (χ0n) is 19.5. The van der Waals surface area contributed by atoms with Crippen LogP contribution in [0.3, 0.4) is 0 Å². The third kappa shape index (κ3) is 4.07. The van der Waals surface area contributed by atoms with Crippen LogP contribution >= 0.6 is 11.6 Å². The average molecular weight is 481 g/mol. The predicted octanol–water partition coefficient (Wildman–Crippen LogP) is 5.57. The number of carbonyl (C=O) groups is 2. The number of nitrogens with zero attached hydrogens (tertiary/aromatic N) is 2. The molecule has 0 unspecified atom stereocenters. The summed E-state index contributed by atoms with van der Waals surface area (Å²) in [7, 11) is 1.48. The Labute approximate surface area is 202 Å². The predicted molar refractivity (Wildman–Crippen MR) is 129 cm³/mol. The zero-order valence-corrected chi connectivity index (χ0v) is 20.3. The van der Waals surface area contributed by atoms with Gasteiger partial charge in [0.2, 0.25) is 0 Å². The fourth-order valence-electron chi connectivity index (χ4n) is 3.99. The Morgan fingerprint density at radius 2 is 1.79 bits per heavy atom. The van der Waals surface area contributed by atoms with Crippen molar-refractivity contribution in [2.75, 3.05) is 12.0 Å². The standard InChI is InChI=1S/C26H25ClN2O5/c1-14-12-20(28-34-14)29-22(15-6-9-17(10-7-15)26(2,3)4)21(24(31)25(29)32)23(30)16-8-11-19(33-5)18(27)13-16/h6-13,22,30H,1-5H3/t22-/m1/s1. The normalized spacial score (nSPS) is 17.9. The number of Topliss-reactive ketones (excluding diaryl/α,β-unsaturated/α-hetero) is 1. The lowest BCUT2D eigenvalue weighted by Gasteiger charge is -2.24. The van der Waals surface area contributed by atoms with E-state index < -0.39 is 17.7 Å². The van der Waals surface area contributed by atoms with Crippen molar-refractivity contribution in [3.8, 4) is 5.75 Å². The Kier molecular flexibility index (Phi) is 6.00. The molecular weight excluding hydrogens is 456 g/mol. The Morgan fingerprint density at radius 3 is 2.32 bits per heavy atom. The van der Waals surface area contributed by atoms with E-state index in [9.17, 15) is 14.7 Å². The molecule has 8 heteroatoms. The van der Waals surface area contributed by atoms with E-state index >= 15 is 0 Å². The summed E-state index contributed by atoms with van der Waals surface area (Å²) in [6.45, 7) is 7.98. The number of aliphatic hydroxyl groups excluding tert-OH is 1. The van der Waals surface area contributed by atoms with E-state index in [1.165, 1.54) is 18.1 Å². The summed E-state index contributed by atoms with van der Waals surface area (Å²) < 4.78 is 10.3. The van der Waals surface area contributed by atoms with E-state index in [1.54, 1.807) is 25.1 Å². The largest absolute Gasteiger partial charge is 0.507 e. The molecule has 3 aromatic rings. The number of hydrogen-bond donors (Lipinski definition) is 1. The molecule has 34 heavy (non-hydrogen) atoms. The number of hydrogen-bond acceptors (Lipinski definition) is 6. The number of ketones is 1. The molecule has 2 heterocycles. The quantitative estimate of drug-likeness (QED) is 0.298. The van der Waals surface area contributed by atoms with Crippen LogP contribution in [0.15, 0.2) is 58.6 Å². The minimum absolute atomic E-state index is 0.0598. The van der Waals surface area contributed by atoms with Gasteiger partial charge in [0.05, 0.1) is 23.7 Å². The number of amides is 1. The number of methoxy groups -OCH3 is 1. The van der Waals surface area contributed by atoms with E-state index in [1.807, 2.05) is 24.3 Å². The molecule has 1 saturated heterocycles. The van der Waals surface area contributed by atoms with Crippen molar-refractivity contribution in [1.29, 1.82) is 0 Å². The van der Waals surface area contributed by atoms with Crippen molar-refractivity contribution in [3.63, 3.8) is 0 Å². The molecule has 1 aromatic heterocycles. The van der Waals surface area contributed by atoms with Gasteiger partial charge < -0.3 is 14.4 Å². The SMILES string of the molecule is COc1ccc(C(O)=C2C(=O)C(=O)N(c3cc(C)on3)[C@@H]2c2ccc(C(C)(C)C)cc2)cc1Cl. The second-order valence-corrected chi connectivity index (χ2v) is 9.59. The van der Waals surface area contributed by atoms with Crippen LogP contribution < -0.4 is 9.64 Å². The number of aryl methyl sites for hydroxylation is 1. The highest BCUT2D eigenvalue weighted by Gasteiger charge is 2.48. The minimum Gasteiger partial charge on any atom is -0.507 e. The summed E-state index contributed by atoms with van der Waals surface area (Å²) in [5.41, 5.74) is 1.89. The second-order valence-electron chi connectivity index (χ2n) is 9.19. The lowest BCUT2D eigenvalue weighted by Crippen LogP contribution is -2.29. The molecular formula is C26H25ClN2O5. The van der Waals surface area contributed by atoms with E-state index in [4.69, 9.17) is 20.9 Å². The minimum atomic E-state index is -0.903. The number of aromatic nitrogens is 1. The fourth-order valence-corrected chi connectivity index (χ4v) is 4.24. The summed E-state index contributed by atoms with van der Waals surface area (Å²) in [5.74, 6) is -0.868. The maximum atomic E-state index is 13.2. The summed E-state index contributed by atoms with van der Waals surface area (Å²) in [4.78, 5) is 27.6. The molecule has 1 aliphatic rings. The average Bonchev–Trinajstić information content (AvgIpc) is 3.33. The third-order valence-corrected chi connectivity index (χ3v) is 6.12. The number of aliphatic hydroxyl groups is 1. The first kappa shape index (κ1) is 23.6.